The van der Waals surface area contributed by atoms with Crippen molar-refractivity contribution in [1.29, 1.82) is 0 Å². The lowest BCUT2D eigenvalue weighted by Gasteiger charge is -2.10. The second-order valence-corrected chi connectivity index (χ2v) is 4.58. The lowest BCUT2D eigenvalue weighted by molar-refractivity contribution is -0.134. The molecule has 0 radical (unpaired) electrons. The van der Waals surface area contributed by atoms with Gasteiger partial charge in [-0.15, -0.1) is 6.58 Å². The summed E-state index contributed by atoms with van der Waals surface area (Å²) in [6.07, 6.45) is 4.01. The molecular formula is C13H18N2O6S. The molecule has 0 saturated carbocycles. The molecule has 9 heteroatoms. The summed E-state index contributed by atoms with van der Waals surface area (Å²) in [5, 5.41) is 30.5. The third-order valence-corrected chi connectivity index (χ3v) is 2.53. The molecule has 0 fully saturated rings. The standard InChI is InChI=1S/C9H14N2O2S.C4H4O4/c1-2-3-10-6-8(12)7-13-9-11-4-5-14-9;5-3(6)1-2-4(7)8/h2,4-5,8,10,12H,1,3,6-7H2;1-2H,(H,5,6)(H,7,8). The van der Waals surface area contributed by atoms with Gasteiger partial charge >= 0.3 is 11.9 Å². The molecule has 0 aromatic carbocycles. The van der Waals surface area contributed by atoms with E-state index in [4.69, 9.17) is 14.9 Å². The summed E-state index contributed by atoms with van der Waals surface area (Å²) in [7, 11) is 0. The number of carboxylic acid groups (broad SMARTS) is 2. The van der Waals surface area contributed by atoms with Gasteiger partial charge in [0.05, 0.1) is 0 Å². The van der Waals surface area contributed by atoms with Crippen LogP contribution in [0.15, 0.2) is 36.4 Å². The van der Waals surface area contributed by atoms with E-state index >= 15 is 0 Å². The van der Waals surface area contributed by atoms with E-state index in [1.807, 2.05) is 5.38 Å². The minimum atomic E-state index is -1.26. The maximum atomic E-state index is 9.55. The number of aliphatic hydroxyl groups is 1. The lowest BCUT2D eigenvalue weighted by Crippen LogP contribution is -2.31. The van der Waals surface area contributed by atoms with Gasteiger partial charge in [0.1, 0.15) is 12.7 Å². The smallest absolute Gasteiger partial charge is 0.328 e. The fourth-order valence-corrected chi connectivity index (χ4v) is 1.50. The lowest BCUT2D eigenvalue weighted by atomic mass is 10.4. The zero-order valence-corrected chi connectivity index (χ0v) is 12.5. The molecule has 0 bridgehead atoms. The Labute approximate surface area is 131 Å². The molecule has 0 aliphatic heterocycles. The summed E-state index contributed by atoms with van der Waals surface area (Å²) >= 11 is 1.41. The normalized spacial score (nSPS) is 11.3. The highest BCUT2D eigenvalue weighted by Gasteiger charge is 2.04. The Morgan fingerprint density at radius 3 is 2.50 bits per heavy atom. The first kappa shape index (κ1) is 19.8. The molecule has 0 saturated heterocycles. The van der Waals surface area contributed by atoms with Gasteiger partial charge in [-0.3, -0.25) is 0 Å². The first-order valence-electron chi connectivity index (χ1n) is 6.11. The van der Waals surface area contributed by atoms with Crippen LogP contribution in [-0.2, 0) is 9.59 Å². The quantitative estimate of drug-likeness (QED) is 0.290. The second kappa shape index (κ2) is 12.5. The van der Waals surface area contributed by atoms with Crippen molar-refractivity contribution in [2.24, 2.45) is 0 Å². The zero-order valence-electron chi connectivity index (χ0n) is 11.7. The Hall–Kier alpha value is -2.23. The van der Waals surface area contributed by atoms with E-state index in [0.717, 1.165) is 0 Å². The molecule has 1 rings (SSSR count). The number of hydrogen-bond donors (Lipinski definition) is 4. The number of rotatable bonds is 9. The Morgan fingerprint density at radius 1 is 1.41 bits per heavy atom. The number of aliphatic hydroxyl groups excluding tert-OH is 1. The summed E-state index contributed by atoms with van der Waals surface area (Å²) in [6, 6.07) is 0. The Balaban J connectivity index is 0.000000472. The van der Waals surface area contributed by atoms with Crippen LogP contribution in [0.1, 0.15) is 0 Å². The minimum Gasteiger partial charge on any atom is -0.478 e. The van der Waals surface area contributed by atoms with Gasteiger partial charge in [-0.05, 0) is 0 Å². The molecule has 0 aliphatic carbocycles. The van der Waals surface area contributed by atoms with Gasteiger partial charge in [0, 0.05) is 36.8 Å². The number of nitrogens with zero attached hydrogens (tertiary/aromatic N) is 1. The van der Waals surface area contributed by atoms with Crippen molar-refractivity contribution in [3.8, 4) is 5.19 Å². The van der Waals surface area contributed by atoms with Crippen LogP contribution in [0.4, 0.5) is 0 Å². The highest BCUT2D eigenvalue weighted by atomic mass is 32.1. The number of carbonyl (C=O) groups is 2. The number of aromatic nitrogens is 1. The number of nitrogens with one attached hydrogen (secondary N) is 1. The average Bonchev–Trinajstić information content (AvgIpc) is 2.97. The zero-order chi connectivity index (χ0) is 16.8. The maximum Gasteiger partial charge on any atom is 0.328 e. The average molecular weight is 330 g/mol. The second-order valence-electron chi connectivity index (χ2n) is 3.72. The Kier molecular flexibility index (Phi) is 11.2. The van der Waals surface area contributed by atoms with Crippen molar-refractivity contribution in [2.75, 3.05) is 19.7 Å². The van der Waals surface area contributed by atoms with Crippen molar-refractivity contribution < 1.29 is 29.6 Å². The minimum absolute atomic E-state index is 0.262. The topological polar surface area (TPSA) is 129 Å². The van der Waals surface area contributed by atoms with Crippen LogP contribution in [0.2, 0.25) is 0 Å². The van der Waals surface area contributed by atoms with Crippen LogP contribution < -0.4 is 10.1 Å². The fraction of sp³-hybridized carbons (Fsp3) is 0.308. The SMILES string of the molecule is C=CCNCC(O)COc1nccs1.O=C(O)C=CC(=O)O. The van der Waals surface area contributed by atoms with E-state index in [1.54, 1.807) is 12.3 Å². The Morgan fingerprint density at radius 2 is 2.05 bits per heavy atom. The molecule has 4 N–H and O–H groups in total. The predicted octanol–water partition coefficient (Wildman–Crippen LogP) is 0.370. The van der Waals surface area contributed by atoms with E-state index in [-0.39, 0.29) is 6.61 Å². The van der Waals surface area contributed by atoms with Gasteiger partial charge in [-0.2, -0.15) is 0 Å². The van der Waals surface area contributed by atoms with Gasteiger partial charge in [0.2, 0.25) is 0 Å². The number of aliphatic carboxylic acids is 2. The monoisotopic (exact) mass is 330 g/mol. The summed E-state index contributed by atoms with van der Waals surface area (Å²) in [4.78, 5) is 23.0. The highest BCUT2D eigenvalue weighted by molar-refractivity contribution is 7.11. The van der Waals surface area contributed by atoms with Crippen molar-refractivity contribution in [3.63, 3.8) is 0 Å². The number of hydrogen-bond acceptors (Lipinski definition) is 7. The number of thiazole rings is 1. The molecule has 122 valence electrons. The van der Waals surface area contributed by atoms with E-state index in [2.05, 4.69) is 16.9 Å². The highest BCUT2D eigenvalue weighted by Crippen LogP contribution is 2.13. The number of carboxylic acids is 2. The molecule has 22 heavy (non-hydrogen) atoms. The summed E-state index contributed by atoms with van der Waals surface area (Å²) in [6.45, 7) is 5.01. The van der Waals surface area contributed by atoms with E-state index in [9.17, 15) is 14.7 Å². The number of ether oxygens (including phenoxy) is 1. The first-order valence-corrected chi connectivity index (χ1v) is 6.99. The largest absolute Gasteiger partial charge is 0.478 e. The molecule has 1 heterocycles. The van der Waals surface area contributed by atoms with Crippen molar-refractivity contribution >= 4 is 23.3 Å². The van der Waals surface area contributed by atoms with Crippen LogP contribution in [0.25, 0.3) is 0 Å². The third-order valence-electron chi connectivity index (χ3n) is 1.85. The van der Waals surface area contributed by atoms with E-state index in [0.29, 0.717) is 30.4 Å². The molecule has 0 amide bonds. The van der Waals surface area contributed by atoms with Crippen molar-refractivity contribution in [1.82, 2.24) is 10.3 Å². The summed E-state index contributed by atoms with van der Waals surface area (Å²) in [5.41, 5.74) is 0. The summed E-state index contributed by atoms with van der Waals surface area (Å²) < 4.78 is 5.23. The van der Waals surface area contributed by atoms with Gasteiger partial charge in [-0.1, -0.05) is 17.4 Å². The van der Waals surface area contributed by atoms with Crippen LogP contribution in [0.3, 0.4) is 0 Å². The van der Waals surface area contributed by atoms with Crippen molar-refractivity contribution in [3.05, 3.63) is 36.4 Å². The first-order chi connectivity index (χ1) is 10.5. The third kappa shape index (κ3) is 12.8. The van der Waals surface area contributed by atoms with Gasteiger partial charge in [0.15, 0.2) is 0 Å². The predicted molar refractivity (Wildman–Crippen MR) is 81.1 cm³/mol. The molecule has 0 spiro atoms. The van der Waals surface area contributed by atoms with Crippen LogP contribution in [-0.4, -0.2) is 58.0 Å². The van der Waals surface area contributed by atoms with Crippen LogP contribution in [0.5, 0.6) is 5.19 Å². The Bertz CT molecular complexity index is 459. The molecule has 1 unspecified atom stereocenters. The van der Waals surface area contributed by atoms with E-state index < -0.39 is 18.0 Å². The van der Waals surface area contributed by atoms with E-state index in [1.165, 1.54) is 11.3 Å². The fourth-order valence-electron chi connectivity index (χ4n) is 1.00. The van der Waals surface area contributed by atoms with Gasteiger partial charge in [0.25, 0.3) is 5.19 Å². The maximum absolute atomic E-state index is 9.55. The van der Waals surface area contributed by atoms with Gasteiger partial charge in [-0.25, -0.2) is 14.6 Å². The molecule has 0 aliphatic rings. The van der Waals surface area contributed by atoms with Crippen molar-refractivity contribution in [2.45, 2.75) is 6.10 Å². The molecular weight excluding hydrogens is 312 g/mol. The molecule has 1 aromatic rings. The summed E-state index contributed by atoms with van der Waals surface area (Å²) in [5.74, 6) is -2.51. The molecule has 8 nitrogen and oxygen atoms in total. The van der Waals surface area contributed by atoms with Crippen LogP contribution in [0, 0.1) is 0 Å². The van der Waals surface area contributed by atoms with Gasteiger partial charge < -0.3 is 25.4 Å². The molecule has 1 atom stereocenters. The molecule has 1 aromatic heterocycles. The van der Waals surface area contributed by atoms with Crippen LogP contribution >= 0.6 is 11.3 Å².